The van der Waals surface area contributed by atoms with Crippen molar-refractivity contribution in [2.24, 2.45) is 0 Å². The molecule has 0 atom stereocenters. The summed E-state index contributed by atoms with van der Waals surface area (Å²) in [4.78, 5) is 0. The molecule has 0 amide bonds. The predicted octanol–water partition coefficient (Wildman–Crippen LogP) is 12.8. The van der Waals surface area contributed by atoms with Crippen LogP contribution in [0.1, 0.15) is 11.1 Å². The fourth-order valence-corrected chi connectivity index (χ4v) is 5.06. The fraction of sp³-hybridized carbons (Fsp3) is 0.118. The average Bonchev–Trinajstić information content (AvgIpc) is 3.51. The Morgan fingerprint density at radius 3 is 1.25 bits per heavy atom. The Balaban J connectivity index is 0.000000185. The number of hydrogen-bond donors (Lipinski definition) is 0. The van der Waals surface area contributed by atoms with Crippen LogP contribution in [-0.4, -0.2) is 9.52 Å². The van der Waals surface area contributed by atoms with Crippen LogP contribution in [-0.2, 0) is 20.8 Å². The Morgan fingerprint density at radius 2 is 0.925 bits per heavy atom. The third kappa shape index (κ3) is 9.38. The Labute approximate surface area is 276 Å². The van der Waals surface area contributed by atoms with Crippen LogP contribution in [0, 0.1) is 13.8 Å². The van der Waals surface area contributed by atoms with Crippen molar-refractivity contribution in [2.45, 2.75) is 26.9 Å². The van der Waals surface area contributed by atoms with Crippen LogP contribution >= 0.6 is 48.9 Å². The van der Waals surface area contributed by atoms with Crippen molar-refractivity contribution in [3.63, 3.8) is 0 Å². The molecule has 0 aliphatic rings. The van der Waals surface area contributed by atoms with Gasteiger partial charge in [0.25, 0.3) is 0 Å². The molecular formula is C34H30Br2Cl2SiZr. The van der Waals surface area contributed by atoms with Crippen LogP contribution in [0.15, 0.2) is 118 Å². The third-order valence-corrected chi connectivity index (χ3v) is 7.16. The first-order valence-electron chi connectivity index (χ1n) is 12.7. The summed E-state index contributed by atoms with van der Waals surface area (Å²) in [5.41, 5.74) is 7.80. The molecule has 0 spiro atoms. The van der Waals surface area contributed by atoms with Gasteiger partial charge < -0.3 is 0 Å². The zero-order valence-corrected chi connectivity index (χ0v) is 31.0. The molecule has 6 aromatic rings. The Kier molecular flexibility index (Phi) is 14.1. The van der Waals surface area contributed by atoms with Gasteiger partial charge in [-0.1, -0.05) is 106 Å². The van der Waals surface area contributed by atoms with Gasteiger partial charge in [-0.05, 0) is 35.4 Å². The predicted molar refractivity (Wildman–Crippen MR) is 184 cm³/mol. The summed E-state index contributed by atoms with van der Waals surface area (Å²) in [5.74, 6) is 0. The molecule has 0 nitrogen and oxygen atoms in total. The van der Waals surface area contributed by atoms with Gasteiger partial charge in [-0.3, -0.25) is 0 Å². The second-order valence-corrected chi connectivity index (χ2v) is 15.8. The van der Waals surface area contributed by atoms with Crippen LogP contribution in [0.3, 0.4) is 0 Å². The molecule has 0 aliphatic carbocycles. The zero-order valence-electron chi connectivity index (χ0n) is 22.9. The molecule has 202 valence electrons. The Hall–Kier alpha value is -1.26. The van der Waals surface area contributed by atoms with Gasteiger partial charge in [0.05, 0.1) is 0 Å². The van der Waals surface area contributed by atoms with E-state index >= 15 is 0 Å². The minimum absolute atomic E-state index is 0.826. The van der Waals surface area contributed by atoms with E-state index in [1.807, 2.05) is 0 Å². The van der Waals surface area contributed by atoms with E-state index in [0.29, 0.717) is 0 Å². The first kappa shape index (κ1) is 33.2. The molecular weight excluding hydrogens is 758 g/mol. The van der Waals surface area contributed by atoms with Gasteiger partial charge in [0, 0.05) is 18.5 Å². The van der Waals surface area contributed by atoms with Crippen LogP contribution in [0.5, 0.6) is 0 Å². The number of aryl methyl sites for hydroxylation is 2. The third-order valence-electron chi connectivity index (χ3n) is 6.10. The van der Waals surface area contributed by atoms with Crippen LogP contribution in [0.25, 0.3) is 43.8 Å². The van der Waals surface area contributed by atoms with E-state index in [1.54, 1.807) is 0 Å². The molecule has 0 aromatic heterocycles. The molecule has 0 aliphatic heterocycles. The number of benzene rings is 4. The van der Waals surface area contributed by atoms with Gasteiger partial charge in [0.2, 0.25) is 0 Å². The number of rotatable bonds is 2. The van der Waals surface area contributed by atoms with E-state index in [0.717, 1.165) is 18.5 Å². The summed E-state index contributed by atoms with van der Waals surface area (Å²) in [5, 5.41) is 5.32. The molecule has 2 radical (unpaired) electrons. The first-order chi connectivity index (χ1) is 19.3. The summed E-state index contributed by atoms with van der Waals surface area (Å²) in [7, 11) is 11.0. The molecule has 0 unspecified atom stereocenters. The number of halogens is 4. The molecule has 40 heavy (non-hydrogen) atoms. The van der Waals surface area contributed by atoms with E-state index in [2.05, 4.69) is 168 Å². The summed E-state index contributed by atoms with van der Waals surface area (Å²) in [6.07, 6.45) is 0. The van der Waals surface area contributed by atoms with Crippen molar-refractivity contribution < 1.29 is 20.8 Å². The summed E-state index contributed by atoms with van der Waals surface area (Å²) in [6, 6.07) is 38.9. The van der Waals surface area contributed by atoms with Gasteiger partial charge in [0.1, 0.15) is 0 Å². The SMILES string of the molecule is C[Si]C.Cc1cc2c(-c3ccc(Br)cc3)cccc2[cH-]1.Cc1cc2c(-c3ccc(Br)cc3)cccc2[cH-]1.[Cl][Zr+2][Cl]. The molecule has 0 fully saturated rings. The van der Waals surface area contributed by atoms with Gasteiger partial charge in [0.15, 0.2) is 0 Å². The standard InChI is InChI=1S/2C16H12Br.C2H6Si.2ClH.Zr/c2*1-11-9-13-3-2-4-15(16(13)10-11)12-5-7-14(17)8-6-12;1-3-2;;;/h2*2-10H,1H3;1-2H3;2*1H;/q2*-1;;;;+4/p-2. The van der Waals surface area contributed by atoms with Crippen molar-refractivity contribution >= 4 is 80.0 Å². The van der Waals surface area contributed by atoms with Gasteiger partial charge in [-0.25, -0.2) is 0 Å². The topological polar surface area (TPSA) is 0 Å². The Morgan fingerprint density at radius 1 is 0.600 bits per heavy atom. The maximum atomic E-state index is 4.93. The molecule has 6 rings (SSSR count). The monoisotopic (exact) mass is 784 g/mol. The normalized spacial score (nSPS) is 10.0. The second kappa shape index (κ2) is 17.0. The van der Waals surface area contributed by atoms with Crippen molar-refractivity contribution in [1.82, 2.24) is 0 Å². The second-order valence-electron chi connectivity index (χ2n) is 9.27. The van der Waals surface area contributed by atoms with Crippen LogP contribution in [0.4, 0.5) is 0 Å². The number of hydrogen-bond acceptors (Lipinski definition) is 0. The van der Waals surface area contributed by atoms with Crippen LogP contribution in [0.2, 0.25) is 13.1 Å². The molecule has 0 saturated heterocycles. The van der Waals surface area contributed by atoms with Crippen molar-refractivity contribution in [2.75, 3.05) is 0 Å². The van der Waals surface area contributed by atoms with E-state index in [9.17, 15) is 0 Å². The van der Waals surface area contributed by atoms with E-state index in [1.165, 1.54) is 54.9 Å². The van der Waals surface area contributed by atoms with E-state index < -0.39 is 20.8 Å². The molecule has 6 aromatic carbocycles. The summed E-state index contributed by atoms with van der Waals surface area (Å²) in [6.45, 7) is 8.59. The minimum atomic E-state index is -0.826. The average molecular weight is 789 g/mol. The molecule has 6 heteroatoms. The van der Waals surface area contributed by atoms with Crippen molar-refractivity contribution in [3.8, 4) is 22.3 Å². The first-order valence-corrected chi connectivity index (χ1v) is 22.6. The zero-order chi connectivity index (χ0) is 29.1. The van der Waals surface area contributed by atoms with Crippen molar-refractivity contribution in [1.29, 1.82) is 0 Å². The van der Waals surface area contributed by atoms with E-state index in [-0.39, 0.29) is 0 Å². The van der Waals surface area contributed by atoms with Gasteiger partial charge in [-0.15, -0.1) is 69.1 Å². The summed E-state index contributed by atoms with van der Waals surface area (Å²) >= 11 is 6.12. The molecule has 0 bridgehead atoms. The molecule has 0 N–H and O–H groups in total. The van der Waals surface area contributed by atoms with Gasteiger partial charge >= 0.3 is 37.9 Å². The maximum absolute atomic E-state index is 4.93. The summed E-state index contributed by atoms with van der Waals surface area (Å²) < 4.78 is 2.24. The van der Waals surface area contributed by atoms with E-state index in [4.69, 9.17) is 17.0 Å². The fourth-order valence-electron chi connectivity index (χ4n) is 4.53. The molecule has 0 saturated carbocycles. The molecule has 0 heterocycles. The van der Waals surface area contributed by atoms with Crippen molar-refractivity contribution in [3.05, 3.63) is 129 Å². The quantitative estimate of drug-likeness (QED) is 0.121. The Bertz CT molecular complexity index is 1500. The van der Waals surface area contributed by atoms with Gasteiger partial charge in [-0.2, -0.15) is 12.1 Å². The number of fused-ring (bicyclic) bond motifs is 2. The van der Waals surface area contributed by atoms with Crippen LogP contribution < -0.4 is 0 Å².